The van der Waals surface area contributed by atoms with Crippen molar-refractivity contribution >= 4 is 33.0 Å². The van der Waals surface area contributed by atoms with Gasteiger partial charge >= 0.3 is 5.69 Å². The molecule has 2 aromatic carbocycles. The van der Waals surface area contributed by atoms with Crippen LogP contribution in [0.15, 0.2) is 83.9 Å². The number of para-hydroxylation sites is 1. The van der Waals surface area contributed by atoms with Gasteiger partial charge in [0.15, 0.2) is 0 Å². The molecule has 0 aliphatic rings. The summed E-state index contributed by atoms with van der Waals surface area (Å²) in [4.78, 5) is 27.5. The molecular formula is C28H24N6O. The molecule has 0 atom stereocenters. The Labute approximate surface area is 201 Å². The zero-order valence-electron chi connectivity index (χ0n) is 19.7. The van der Waals surface area contributed by atoms with Crippen LogP contribution in [-0.2, 0) is 12.6 Å². The molecule has 7 heteroatoms. The van der Waals surface area contributed by atoms with Crippen molar-refractivity contribution in [2.24, 2.45) is 12.8 Å². The van der Waals surface area contributed by atoms with E-state index in [1.807, 2.05) is 80.7 Å². The molecule has 6 rings (SSSR count). The average Bonchev–Trinajstić information content (AvgIpc) is 3.13. The highest BCUT2D eigenvalue weighted by Gasteiger charge is 2.19. The lowest BCUT2D eigenvalue weighted by Crippen LogP contribution is -2.28. The number of hydrogen-bond acceptors (Lipinski definition) is 5. The molecule has 0 fully saturated rings. The minimum absolute atomic E-state index is 0.159. The zero-order valence-corrected chi connectivity index (χ0v) is 19.7. The fraction of sp³-hybridized carbons (Fsp3) is 0.143. The first-order chi connectivity index (χ1) is 16.8. The molecule has 6 aromatic rings. The predicted molar refractivity (Wildman–Crippen MR) is 140 cm³/mol. The third-order valence-corrected chi connectivity index (χ3v) is 6.49. The third-order valence-electron chi connectivity index (χ3n) is 6.49. The first-order valence-corrected chi connectivity index (χ1v) is 11.4. The molecule has 0 bridgehead atoms. The summed E-state index contributed by atoms with van der Waals surface area (Å²) in [7, 11) is 1.75. The van der Waals surface area contributed by atoms with Crippen LogP contribution < -0.4 is 11.4 Å². The Morgan fingerprint density at radius 1 is 0.886 bits per heavy atom. The van der Waals surface area contributed by atoms with Crippen LogP contribution in [0.1, 0.15) is 19.4 Å². The van der Waals surface area contributed by atoms with Crippen molar-refractivity contribution in [3.8, 4) is 16.9 Å². The molecule has 35 heavy (non-hydrogen) atoms. The second-order valence-corrected chi connectivity index (χ2v) is 9.42. The molecule has 2 N–H and O–H groups in total. The fourth-order valence-corrected chi connectivity index (χ4v) is 4.51. The highest BCUT2D eigenvalue weighted by atomic mass is 16.1. The Bertz CT molecular complexity index is 1810. The van der Waals surface area contributed by atoms with Gasteiger partial charge in [-0.1, -0.05) is 30.3 Å². The summed E-state index contributed by atoms with van der Waals surface area (Å²) < 4.78 is 3.30. The summed E-state index contributed by atoms with van der Waals surface area (Å²) in [6.45, 7) is 3.91. The predicted octanol–water partition coefficient (Wildman–Crippen LogP) is 4.68. The Morgan fingerprint density at radius 2 is 1.63 bits per heavy atom. The second-order valence-electron chi connectivity index (χ2n) is 9.42. The van der Waals surface area contributed by atoms with Gasteiger partial charge in [-0.3, -0.25) is 19.1 Å². The SMILES string of the molecule is Cn1c(=O)n(-c2ccc(C(C)(C)N)cc2)c2c3nc(-c4cnc5ccccc5c4)ccc3ncc21. The molecular weight excluding hydrogens is 436 g/mol. The molecule has 0 spiro atoms. The highest BCUT2D eigenvalue weighted by Crippen LogP contribution is 2.28. The topological polar surface area (TPSA) is 91.6 Å². The summed E-state index contributed by atoms with van der Waals surface area (Å²) in [5, 5.41) is 1.04. The number of aromatic nitrogens is 5. The van der Waals surface area contributed by atoms with Gasteiger partial charge in [0, 0.05) is 29.7 Å². The van der Waals surface area contributed by atoms with Crippen molar-refractivity contribution in [2.75, 3.05) is 0 Å². The van der Waals surface area contributed by atoms with Crippen LogP contribution in [0.25, 0.3) is 49.9 Å². The highest BCUT2D eigenvalue weighted by molar-refractivity contribution is 6.01. The number of pyridine rings is 3. The van der Waals surface area contributed by atoms with Crippen LogP contribution in [0.2, 0.25) is 0 Å². The van der Waals surface area contributed by atoms with E-state index in [2.05, 4.69) is 16.0 Å². The summed E-state index contributed by atoms with van der Waals surface area (Å²) in [5.74, 6) is 0. The quantitative estimate of drug-likeness (QED) is 0.414. The summed E-state index contributed by atoms with van der Waals surface area (Å²) >= 11 is 0. The number of nitrogens with zero attached hydrogens (tertiary/aromatic N) is 5. The summed E-state index contributed by atoms with van der Waals surface area (Å²) in [6.07, 6.45) is 3.56. The number of imidazole rings is 1. The van der Waals surface area contributed by atoms with Gasteiger partial charge in [-0.15, -0.1) is 0 Å². The van der Waals surface area contributed by atoms with E-state index in [4.69, 9.17) is 10.7 Å². The zero-order chi connectivity index (χ0) is 24.3. The van der Waals surface area contributed by atoms with Gasteiger partial charge in [-0.25, -0.2) is 9.78 Å². The number of rotatable bonds is 3. The van der Waals surface area contributed by atoms with Crippen molar-refractivity contribution in [2.45, 2.75) is 19.4 Å². The van der Waals surface area contributed by atoms with Gasteiger partial charge in [-0.05, 0) is 55.8 Å². The van der Waals surface area contributed by atoms with E-state index in [1.165, 1.54) is 0 Å². The van der Waals surface area contributed by atoms with Crippen LogP contribution in [0.4, 0.5) is 0 Å². The number of nitrogens with two attached hydrogens (primary N) is 1. The maximum atomic E-state index is 13.4. The smallest absolute Gasteiger partial charge is 0.322 e. The molecule has 172 valence electrons. The van der Waals surface area contributed by atoms with E-state index in [9.17, 15) is 4.79 Å². The molecule has 0 saturated carbocycles. The first kappa shape index (κ1) is 21.2. The molecule has 0 unspecified atom stereocenters. The normalized spacial score (nSPS) is 12.1. The van der Waals surface area contributed by atoms with Gasteiger partial charge < -0.3 is 5.73 Å². The molecule has 4 aromatic heterocycles. The first-order valence-electron chi connectivity index (χ1n) is 11.4. The summed E-state index contributed by atoms with van der Waals surface area (Å²) in [6, 6.07) is 21.7. The maximum absolute atomic E-state index is 13.4. The molecule has 7 nitrogen and oxygen atoms in total. The lowest BCUT2D eigenvalue weighted by molar-refractivity contribution is 0.554. The van der Waals surface area contributed by atoms with E-state index in [0.717, 1.165) is 38.9 Å². The molecule has 0 radical (unpaired) electrons. The lowest BCUT2D eigenvalue weighted by atomic mass is 9.95. The van der Waals surface area contributed by atoms with E-state index in [1.54, 1.807) is 22.4 Å². The van der Waals surface area contributed by atoms with E-state index in [-0.39, 0.29) is 5.69 Å². The van der Waals surface area contributed by atoms with E-state index in [0.29, 0.717) is 16.6 Å². The Kier molecular flexibility index (Phi) is 4.59. The molecule has 0 aliphatic carbocycles. The molecule has 0 saturated heterocycles. The van der Waals surface area contributed by atoms with Gasteiger partial charge in [-0.2, -0.15) is 0 Å². The fourth-order valence-electron chi connectivity index (χ4n) is 4.51. The average molecular weight is 461 g/mol. The standard InChI is InChI=1S/C28H24N6O/c1-28(2,29)19-8-10-20(11-9-19)34-26-24(33(3)27(34)35)16-31-23-13-12-22(32-25(23)26)18-14-17-6-4-5-7-21(17)30-15-18/h4-16H,29H2,1-3H3. The maximum Gasteiger partial charge on any atom is 0.333 e. The largest absolute Gasteiger partial charge is 0.333 e. The van der Waals surface area contributed by atoms with Crippen molar-refractivity contribution in [3.05, 3.63) is 95.2 Å². The minimum atomic E-state index is -0.469. The van der Waals surface area contributed by atoms with Crippen LogP contribution >= 0.6 is 0 Å². The van der Waals surface area contributed by atoms with Crippen molar-refractivity contribution in [3.63, 3.8) is 0 Å². The number of fused-ring (bicyclic) bond motifs is 4. The van der Waals surface area contributed by atoms with Crippen LogP contribution in [-0.4, -0.2) is 24.1 Å². The molecule has 4 heterocycles. The third kappa shape index (κ3) is 3.40. The number of aryl methyl sites for hydroxylation is 1. The van der Waals surface area contributed by atoms with Crippen molar-refractivity contribution in [1.29, 1.82) is 0 Å². The molecule has 0 aliphatic heterocycles. The molecule has 0 amide bonds. The minimum Gasteiger partial charge on any atom is -0.322 e. The van der Waals surface area contributed by atoms with Gasteiger partial charge in [0.05, 0.1) is 34.1 Å². The Balaban J connectivity index is 1.60. The van der Waals surface area contributed by atoms with E-state index < -0.39 is 5.54 Å². The number of benzene rings is 2. The lowest BCUT2D eigenvalue weighted by Gasteiger charge is -2.19. The Hall–Kier alpha value is -4.36. The van der Waals surface area contributed by atoms with Gasteiger partial charge in [0.25, 0.3) is 0 Å². The monoisotopic (exact) mass is 460 g/mol. The van der Waals surface area contributed by atoms with Crippen molar-refractivity contribution in [1.82, 2.24) is 24.1 Å². The van der Waals surface area contributed by atoms with Crippen molar-refractivity contribution < 1.29 is 0 Å². The van der Waals surface area contributed by atoms with Crippen LogP contribution in [0.5, 0.6) is 0 Å². The van der Waals surface area contributed by atoms with Gasteiger partial charge in [0.2, 0.25) is 0 Å². The van der Waals surface area contributed by atoms with Crippen LogP contribution in [0, 0.1) is 0 Å². The number of hydrogen-bond donors (Lipinski definition) is 1. The Morgan fingerprint density at radius 3 is 2.40 bits per heavy atom. The second kappa shape index (κ2) is 7.58. The summed E-state index contributed by atoms with van der Waals surface area (Å²) in [5.41, 5.74) is 12.8. The van der Waals surface area contributed by atoms with Gasteiger partial charge in [0.1, 0.15) is 11.0 Å². The van der Waals surface area contributed by atoms with E-state index >= 15 is 0 Å². The van der Waals surface area contributed by atoms with Crippen LogP contribution in [0.3, 0.4) is 0 Å².